The molecule has 1 aliphatic carbocycles. The Morgan fingerprint density at radius 2 is 1.89 bits per heavy atom. The van der Waals surface area contributed by atoms with Gasteiger partial charge in [0.15, 0.2) is 6.04 Å². The van der Waals surface area contributed by atoms with Crippen molar-refractivity contribution in [2.45, 2.75) is 38.6 Å². The summed E-state index contributed by atoms with van der Waals surface area (Å²) in [5, 5.41) is 11.6. The SMILES string of the molecule is CC(=O)NC(C(=O)O)c1ccc2c(c1)CCCC2. The number of aryl methyl sites for hydroxylation is 2. The quantitative estimate of drug-likeness (QED) is 0.856. The van der Waals surface area contributed by atoms with Gasteiger partial charge in [0.1, 0.15) is 0 Å². The second kappa shape index (κ2) is 5.21. The van der Waals surface area contributed by atoms with Crippen LogP contribution in [-0.4, -0.2) is 17.0 Å². The Bertz CT molecular complexity index is 482. The van der Waals surface area contributed by atoms with Gasteiger partial charge in [-0.1, -0.05) is 18.2 Å². The minimum absolute atomic E-state index is 0.333. The number of carbonyl (C=O) groups excluding carboxylic acids is 1. The molecule has 1 aliphatic rings. The van der Waals surface area contributed by atoms with E-state index in [0.29, 0.717) is 5.56 Å². The minimum atomic E-state index is -1.03. The standard InChI is InChI=1S/C14H17NO3/c1-9(16)15-13(14(17)18)12-7-6-10-4-2-3-5-11(10)8-12/h6-8,13H,2-5H2,1H3,(H,15,16)(H,17,18). The van der Waals surface area contributed by atoms with Crippen LogP contribution in [0.3, 0.4) is 0 Å². The van der Waals surface area contributed by atoms with Crippen molar-refractivity contribution in [2.75, 3.05) is 0 Å². The molecule has 1 aromatic carbocycles. The van der Waals surface area contributed by atoms with E-state index in [1.165, 1.54) is 24.5 Å². The van der Waals surface area contributed by atoms with Crippen molar-refractivity contribution in [1.82, 2.24) is 5.32 Å². The molecule has 0 heterocycles. The van der Waals surface area contributed by atoms with Crippen molar-refractivity contribution < 1.29 is 14.7 Å². The molecular weight excluding hydrogens is 230 g/mol. The first-order valence-corrected chi connectivity index (χ1v) is 6.19. The van der Waals surface area contributed by atoms with E-state index in [2.05, 4.69) is 5.32 Å². The molecular formula is C14H17NO3. The third-order valence-electron chi connectivity index (χ3n) is 3.30. The molecule has 2 N–H and O–H groups in total. The number of rotatable bonds is 3. The molecule has 2 rings (SSSR count). The van der Waals surface area contributed by atoms with Crippen LogP contribution in [0.25, 0.3) is 0 Å². The smallest absolute Gasteiger partial charge is 0.330 e. The molecule has 18 heavy (non-hydrogen) atoms. The highest BCUT2D eigenvalue weighted by Gasteiger charge is 2.22. The second-order valence-corrected chi connectivity index (χ2v) is 4.71. The number of amides is 1. The summed E-state index contributed by atoms with van der Waals surface area (Å²) in [5.41, 5.74) is 3.17. The molecule has 1 aromatic rings. The average molecular weight is 247 g/mol. The molecule has 0 radical (unpaired) electrons. The lowest BCUT2D eigenvalue weighted by molar-refractivity contribution is -0.141. The van der Waals surface area contributed by atoms with Gasteiger partial charge < -0.3 is 10.4 Å². The summed E-state index contributed by atoms with van der Waals surface area (Å²) in [6, 6.07) is 4.76. The molecule has 1 atom stereocenters. The predicted octanol–water partition coefficient (Wildman–Crippen LogP) is 1.83. The van der Waals surface area contributed by atoms with E-state index in [4.69, 9.17) is 5.11 Å². The average Bonchev–Trinajstić information content (AvgIpc) is 2.35. The first kappa shape index (κ1) is 12.6. The Morgan fingerprint density at radius 3 is 2.50 bits per heavy atom. The molecule has 4 nitrogen and oxygen atoms in total. The van der Waals surface area contributed by atoms with Gasteiger partial charge in [0.25, 0.3) is 0 Å². The Labute approximate surface area is 106 Å². The van der Waals surface area contributed by atoms with Crippen molar-refractivity contribution in [3.63, 3.8) is 0 Å². The zero-order valence-corrected chi connectivity index (χ0v) is 10.4. The van der Waals surface area contributed by atoms with Crippen molar-refractivity contribution in [1.29, 1.82) is 0 Å². The van der Waals surface area contributed by atoms with Crippen LogP contribution >= 0.6 is 0 Å². The molecule has 0 bridgehead atoms. The van der Waals surface area contributed by atoms with Crippen LogP contribution in [0.2, 0.25) is 0 Å². The number of fused-ring (bicyclic) bond motifs is 1. The first-order valence-electron chi connectivity index (χ1n) is 6.19. The maximum Gasteiger partial charge on any atom is 0.330 e. The van der Waals surface area contributed by atoms with E-state index in [9.17, 15) is 9.59 Å². The van der Waals surface area contributed by atoms with Gasteiger partial charge in [-0.25, -0.2) is 4.79 Å². The molecule has 96 valence electrons. The fraction of sp³-hybridized carbons (Fsp3) is 0.429. The Morgan fingerprint density at radius 1 is 1.22 bits per heavy atom. The first-order chi connectivity index (χ1) is 8.58. The van der Waals surface area contributed by atoms with Gasteiger partial charge in [0, 0.05) is 6.92 Å². The number of carbonyl (C=O) groups is 2. The van der Waals surface area contributed by atoms with Gasteiger partial charge in [0.05, 0.1) is 0 Å². The lowest BCUT2D eigenvalue weighted by Crippen LogP contribution is -2.32. The van der Waals surface area contributed by atoms with Gasteiger partial charge in [-0.2, -0.15) is 0 Å². The van der Waals surface area contributed by atoms with E-state index in [1.54, 1.807) is 6.07 Å². The van der Waals surface area contributed by atoms with Crippen LogP contribution in [0, 0.1) is 0 Å². The largest absolute Gasteiger partial charge is 0.479 e. The van der Waals surface area contributed by atoms with Crippen molar-refractivity contribution in [2.24, 2.45) is 0 Å². The van der Waals surface area contributed by atoms with Crippen LogP contribution in [0.4, 0.5) is 0 Å². The van der Waals surface area contributed by atoms with Gasteiger partial charge in [0.2, 0.25) is 5.91 Å². The van der Waals surface area contributed by atoms with Gasteiger partial charge >= 0.3 is 5.97 Å². The fourth-order valence-corrected chi connectivity index (χ4v) is 2.42. The molecule has 0 saturated carbocycles. The molecule has 0 spiro atoms. The van der Waals surface area contributed by atoms with Gasteiger partial charge in [-0.05, 0) is 42.4 Å². The Kier molecular flexibility index (Phi) is 3.65. The molecule has 4 heteroatoms. The van der Waals surface area contributed by atoms with E-state index in [0.717, 1.165) is 19.3 Å². The van der Waals surface area contributed by atoms with Crippen LogP contribution in [0.15, 0.2) is 18.2 Å². The molecule has 1 unspecified atom stereocenters. The summed E-state index contributed by atoms with van der Waals surface area (Å²) in [5.74, 6) is -1.36. The number of carboxylic acids is 1. The summed E-state index contributed by atoms with van der Waals surface area (Å²) < 4.78 is 0. The number of hydrogen-bond acceptors (Lipinski definition) is 2. The van der Waals surface area contributed by atoms with Gasteiger partial charge in [-0.3, -0.25) is 4.79 Å². The normalized spacial score (nSPS) is 15.6. The van der Waals surface area contributed by atoms with Crippen LogP contribution in [0.5, 0.6) is 0 Å². The highest BCUT2D eigenvalue weighted by Crippen LogP contribution is 2.25. The maximum atomic E-state index is 11.2. The second-order valence-electron chi connectivity index (χ2n) is 4.71. The highest BCUT2D eigenvalue weighted by atomic mass is 16.4. The summed E-state index contributed by atoms with van der Waals surface area (Å²) in [4.78, 5) is 22.2. The van der Waals surface area contributed by atoms with E-state index in [-0.39, 0.29) is 5.91 Å². The zero-order chi connectivity index (χ0) is 13.1. The van der Waals surface area contributed by atoms with E-state index in [1.807, 2.05) is 12.1 Å². The predicted molar refractivity (Wildman–Crippen MR) is 67.3 cm³/mol. The topological polar surface area (TPSA) is 66.4 Å². The third kappa shape index (κ3) is 2.70. The van der Waals surface area contributed by atoms with Crippen LogP contribution < -0.4 is 5.32 Å². The third-order valence-corrected chi connectivity index (χ3v) is 3.30. The molecule has 0 fully saturated rings. The lowest BCUT2D eigenvalue weighted by atomic mass is 9.89. The Balaban J connectivity index is 2.30. The summed E-state index contributed by atoms with van der Waals surface area (Å²) in [6.45, 7) is 1.33. The Hall–Kier alpha value is -1.84. The van der Waals surface area contributed by atoms with E-state index >= 15 is 0 Å². The van der Waals surface area contributed by atoms with Gasteiger partial charge in [-0.15, -0.1) is 0 Å². The molecule has 0 aliphatic heterocycles. The minimum Gasteiger partial charge on any atom is -0.479 e. The number of carboxylic acid groups (broad SMARTS) is 1. The van der Waals surface area contributed by atoms with E-state index < -0.39 is 12.0 Å². The maximum absolute atomic E-state index is 11.2. The number of nitrogens with one attached hydrogen (secondary N) is 1. The van der Waals surface area contributed by atoms with Crippen LogP contribution in [0.1, 0.15) is 42.5 Å². The fourth-order valence-electron chi connectivity index (χ4n) is 2.42. The highest BCUT2D eigenvalue weighted by molar-refractivity contribution is 5.83. The summed E-state index contributed by atoms with van der Waals surface area (Å²) >= 11 is 0. The summed E-state index contributed by atoms with van der Waals surface area (Å²) in [7, 11) is 0. The monoisotopic (exact) mass is 247 g/mol. The molecule has 1 amide bonds. The van der Waals surface area contributed by atoms with Crippen molar-refractivity contribution in [3.8, 4) is 0 Å². The number of hydrogen-bond donors (Lipinski definition) is 2. The van der Waals surface area contributed by atoms with Crippen molar-refractivity contribution >= 4 is 11.9 Å². The molecule has 0 saturated heterocycles. The number of aliphatic carboxylic acids is 1. The number of benzene rings is 1. The molecule has 0 aromatic heterocycles. The lowest BCUT2D eigenvalue weighted by Gasteiger charge is -2.19. The summed E-state index contributed by atoms with van der Waals surface area (Å²) in [6.07, 6.45) is 4.40. The van der Waals surface area contributed by atoms with Crippen molar-refractivity contribution in [3.05, 3.63) is 34.9 Å². The zero-order valence-electron chi connectivity index (χ0n) is 10.4. The van der Waals surface area contributed by atoms with Crippen LogP contribution in [-0.2, 0) is 22.4 Å².